The summed E-state index contributed by atoms with van der Waals surface area (Å²) in [5.41, 5.74) is 0. The Morgan fingerprint density at radius 3 is 1.88 bits per heavy atom. The van der Waals surface area contributed by atoms with E-state index in [2.05, 4.69) is 0 Å². The van der Waals surface area contributed by atoms with E-state index in [1.165, 1.54) is 0 Å². The molecule has 0 aliphatic heterocycles. The van der Waals surface area contributed by atoms with Gasteiger partial charge in [0.05, 0.1) is 0 Å². The molecule has 2 aromatic carbocycles. The van der Waals surface area contributed by atoms with Crippen molar-refractivity contribution in [3.8, 4) is 5.75 Å². The molecule has 16 heavy (non-hydrogen) atoms. The Hall–Kier alpha value is -0.530. The van der Waals surface area contributed by atoms with Gasteiger partial charge >= 0.3 is 29.6 Å². The third-order valence-corrected chi connectivity index (χ3v) is 3.19. The average Bonchev–Trinajstić information content (AvgIpc) is 2.31. The van der Waals surface area contributed by atoms with Crippen LogP contribution in [-0.2, 0) is 4.57 Å². The molecule has 0 amide bonds. The molecular weight excluding hydrogens is 230 g/mol. The average molecular weight is 242 g/mol. The van der Waals surface area contributed by atoms with Crippen LogP contribution in [0.15, 0.2) is 60.7 Å². The van der Waals surface area contributed by atoms with Crippen molar-refractivity contribution >= 4 is 42.9 Å². The quantitative estimate of drug-likeness (QED) is 0.609. The van der Waals surface area contributed by atoms with Gasteiger partial charge in [0, 0.05) is 5.30 Å². The number of hydrogen-bond donors (Lipinski definition) is 0. The Morgan fingerprint density at radius 2 is 1.31 bits per heavy atom. The molecule has 0 N–H and O–H groups in total. The summed E-state index contributed by atoms with van der Waals surface area (Å²) in [7, 11) is -2.17. The molecule has 0 bridgehead atoms. The van der Waals surface area contributed by atoms with E-state index in [0.29, 0.717) is 5.75 Å². The maximum absolute atomic E-state index is 11.8. The molecule has 0 heterocycles. The van der Waals surface area contributed by atoms with Gasteiger partial charge in [-0.3, -0.25) is 4.57 Å². The van der Waals surface area contributed by atoms with Crippen molar-refractivity contribution in [1.29, 1.82) is 0 Å². The zero-order valence-corrected chi connectivity index (χ0v) is 9.09. The number of rotatable bonds is 3. The van der Waals surface area contributed by atoms with E-state index in [4.69, 9.17) is 4.52 Å². The van der Waals surface area contributed by atoms with Crippen molar-refractivity contribution in [2.45, 2.75) is 0 Å². The maximum atomic E-state index is 11.8. The van der Waals surface area contributed by atoms with E-state index in [-0.39, 0.29) is 29.6 Å². The van der Waals surface area contributed by atoms with Crippen LogP contribution < -0.4 is 9.83 Å². The molecule has 2 aromatic rings. The summed E-state index contributed by atoms with van der Waals surface area (Å²) in [6.45, 7) is 0. The first-order chi connectivity index (χ1) is 7.36. The van der Waals surface area contributed by atoms with Gasteiger partial charge in [-0.15, -0.1) is 0 Å². The summed E-state index contributed by atoms with van der Waals surface area (Å²) in [5, 5.41) is 0.742. The van der Waals surface area contributed by atoms with Gasteiger partial charge in [0.2, 0.25) is 0 Å². The summed E-state index contributed by atoms with van der Waals surface area (Å²) < 4.78 is 17.1. The first-order valence-electron chi connectivity index (χ1n) is 4.68. The Labute approximate surface area is 118 Å². The van der Waals surface area contributed by atoms with Gasteiger partial charge in [-0.25, -0.2) is 0 Å². The monoisotopic (exact) mass is 242 g/mol. The van der Waals surface area contributed by atoms with E-state index in [9.17, 15) is 4.57 Å². The summed E-state index contributed by atoms with van der Waals surface area (Å²) >= 11 is 0. The molecule has 0 radical (unpaired) electrons. The Balaban J connectivity index is 0.00000128. The summed E-state index contributed by atoms with van der Waals surface area (Å²) in [6.07, 6.45) is 0. The minimum absolute atomic E-state index is 0. The minimum atomic E-state index is -2.17. The van der Waals surface area contributed by atoms with Crippen LogP contribution in [0.1, 0.15) is 0 Å². The third kappa shape index (κ3) is 3.80. The summed E-state index contributed by atoms with van der Waals surface area (Å²) in [4.78, 5) is 0. The molecule has 0 aliphatic carbocycles. The second-order valence-electron chi connectivity index (χ2n) is 3.07. The predicted octanol–water partition coefficient (Wildman–Crippen LogP) is 2.22. The van der Waals surface area contributed by atoms with Crippen LogP contribution in [0.3, 0.4) is 0 Å². The third-order valence-electron chi connectivity index (χ3n) is 1.96. The molecule has 2 rings (SSSR count). The van der Waals surface area contributed by atoms with Crippen molar-refractivity contribution in [2.24, 2.45) is 0 Å². The molecule has 0 aliphatic rings. The van der Waals surface area contributed by atoms with Crippen LogP contribution in [0.4, 0.5) is 0 Å². The molecular formula is C12H12NaO2P. The number of para-hydroxylation sites is 1. The van der Waals surface area contributed by atoms with Gasteiger partial charge in [-0.2, -0.15) is 0 Å². The van der Waals surface area contributed by atoms with Gasteiger partial charge < -0.3 is 4.52 Å². The Morgan fingerprint density at radius 1 is 0.812 bits per heavy atom. The fraction of sp³-hybridized carbons (Fsp3) is 0. The van der Waals surface area contributed by atoms with E-state index >= 15 is 0 Å². The van der Waals surface area contributed by atoms with Crippen molar-refractivity contribution in [2.75, 3.05) is 0 Å². The zero-order valence-electron chi connectivity index (χ0n) is 8.09. The second kappa shape index (κ2) is 6.93. The van der Waals surface area contributed by atoms with Crippen LogP contribution in [-0.4, -0.2) is 29.6 Å². The van der Waals surface area contributed by atoms with Crippen LogP contribution in [0.2, 0.25) is 0 Å². The molecule has 1 unspecified atom stereocenters. The van der Waals surface area contributed by atoms with E-state index in [0.717, 1.165) is 5.30 Å². The molecule has 1 atom stereocenters. The van der Waals surface area contributed by atoms with Gasteiger partial charge in [0.15, 0.2) is 0 Å². The molecule has 0 aromatic heterocycles. The van der Waals surface area contributed by atoms with Gasteiger partial charge in [0.25, 0.3) is 8.03 Å². The predicted molar refractivity (Wildman–Crippen MR) is 69.3 cm³/mol. The van der Waals surface area contributed by atoms with Crippen LogP contribution in [0.5, 0.6) is 5.75 Å². The molecule has 2 nitrogen and oxygen atoms in total. The first kappa shape index (κ1) is 13.5. The SMILES string of the molecule is O=[PH](Oc1ccccc1)c1ccccc1.[NaH]. The van der Waals surface area contributed by atoms with Crippen LogP contribution >= 0.6 is 8.03 Å². The molecule has 4 heteroatoms. The topological polar surface area (TPSA) is 26.3 Å². The zero-order chi connectivity index (χ0) is 10.5. The van der Waals surface area contributed by atoms with Crippen molar-refractivity contribution in [1.82, 2.24) is 0 Å². The van der Waals surface area contributed by atoms with Gasteiger partial charge in [0.1, 0.15) is 5.75 Å². The van der Waals surface area contributed by atoms with E-state index < -0.39 is 8.03 Å². The Kier molecular flexibility index (Phi) is 5.86. The van der Waals surface area contributed by atoms with Crippen molar-refractivity contribution in [3.63, 3.8) is 0 Å². The standard InChI is InChI=1S/C12H11O2P.Na.H/c13-15(12-9-5-2-6-10-12)14-11-7-3-1-4-8-11;;/h1-10,15H;;. The van der Waals surface area contributed by atoms with E-state index in [1.807, 2.05) is 48.5 Å². The van der Waals surface area contributed by atoms with Crippen LogP contribution in [0, 0.1) is 0 Å². The summed E-state index contributed by atoms with van der Waals surface area (Å²) in [5.74, 6) is 0.644. The number of benzene rings is 2. The molecule has 0 saturated heterocycles. The molecule has 78 valence electrons. The van der Waals surface area contributed by atoms with Crippen molar-refractivity contribution in [3.05, 3.63) is 60.7 Å². The van der Waals surface area contributed by atoms with Gasteiger partial charge in [-0.1, -0.05) is 36.4 Å². The fourth-order valence-electron chi connectivity index (χ4n) is 1.23. The van der Waals surface area contributed by atoms with Gasteiger partial charge in [-0.05, 0) is 24.3 Å². The molecule has 0 spiro atoms. The first-order valence-corrected chi connectivity index (χ1v) is 6.00. The summed E-state index contributed by atoms with van der Waals surface area (Å²) in [6, 6.07) is 18.4. The normalized spacial score (nSPS) is 11.2. The molecule has 0 saturated carbocycles. The number of hydrogen-bond acceptors (Lipinski definition) is 2. The van der Waals surface area contributed by atoms with Crippen molar-refractivity contribution < 1.29 is 9.09 Å². The second-order valence-corrected chi connectivity index (χ2v) is 4.42. The molecule has 0 fully saturated rings. The van der Waals surface area contributed by atoms with Crippen LogP contribution in [0.25, 0.3) is 0 Å². The fourth-order valence-corrected chi connectivity index (χ4v) is 2.16. The van der Waals surface area contributed by atoms with E-state index in [1.54, 1.807) is 12.1 Å². The Bertz CT molecular complexity index is 445.